The van der Waals surface area contributed by atoms with Crippen molar-refractivity contribution in [3.05, 3.63) is 53.7 Å². The molecule has 0 saturated carbocycles. The molecular weight excluding hydrogens is 388 g/mol. The van der Waals surface area contributed by atoms with Crippen LogP contribution in [-0.2, 0) is 16.8 Å². The predicted octanol–water partition coefficient (Wildman–Crippen LogP) is 3.61. The number of nitrogens with zero attached hydrogens (tertiary/aromatic N) is 3. The molecule has 1 fully saturated rings. The lowest BCUT2D eigenvalue weighted by atomic mass is 9.87. The summed E-state index contributed by atoms with van der Waals surface area (Å²) in [7, 11) is 2.14. The molecule has 0 aliphatic carbocycles. The van der Waals surface area contributed by atoms with Crippen molar-refractivity contribution < 1.29 is 9.53 Å². The van der Waals surface area contributed by atoms with Crippen molar-refractivity contribution in [2.75, 3.05) is 44.7 Å². The van der Waals surface area contributed by atoms with E-state index in [1.165, 1.54) is 5.56 Å². The lowest BCUT2D eigenvalue weighted by Gasteiger charge is -2.34. The Bertz CT molecular complexity index is 837. The van der Waals surface area contributed by atoms with E-state index >= 15 is 0 Å². The van der Waals surface area contributed by atoms with Crippen LogP contribution in [0.1, 0.15) is 44.7 Å². The minimum Gasteiger partial charge on any atom is -0.494 e. The van der Waals surface area contributed by atoms with E-state index in [1.807, 2.05) is 30.5 Å². The number of rotatable bonds is 8. The van der Waals surface area contributed by atoms with Crippen LogP contribution in [0.5, 0.6) is 5.75 Å². The molecule has 6 heteroatoms. The van der Waals surface area contributed by atoms with Gasteiger partial charge in [0, 0.05) is 50.9 Å². The highest BCUT2D eigenvalue weighted by atomic mass is 16.5. The highest BCUT2D eigenvalue weighted by molar-refractivity contribution is 5.76. The molecule has 1 aromatic heterocycles. The van der Waals surface area contributed by atoms with Gasteiger partial charge in [-0.05, 0) is 42.6 Å². The quantitative estimate of drug-likeness (QED) is 0.656. The van der Waals surface area contributed by atoms with Crippen LogP contribution in [0, 0.1) is 0 Å². The second-order valence-electron chi connectivity index (χ2n) is 9.28. The molecule has 2 heterocycles. The molecule has 168 valence electrons. The highest BCUT2D eigenvalue weighted by Crippen LogP contribution is 2.24. The van der Waals surface area contributed by atoms with E-state index in [0.29, 0.717) is 26.0 Å². The number of nitrogens with one attached hydrogen (secondary N) is 1. The van der Waals surface area contributed by atoms with Crippen LogP contribution in [0.4, 0.5) is 5.82 Å². The lowest BCUT2D eigenvalue weighted by Crippen LogP contribution is -2.45. The first kappa shape index (κ1) is 23.1. The van der Waals surface area contributed by atoms with Gasteiger partial charge in [0.15, 0.2) is 0 Å². The summed E-state index contributed by atoms with van der Waals surface area (Å²) in [4.78, 5) is 21.5. The number of aromatic nitrogens is 1. The molecule has 31 heavy (non-hydrogen) atoms. The maximum absolute atomic E-state index is 12.3. The van der Waals surface area contributed by atoms with Crippen molar-refractivity contribution in [2.45, 2.75) is 45.6 Å². The molecule has 6 nitrogen and oxygen atoms in total. The molecule has 2 aromatic rings. The first-order valence-electron chi connectivity index (χ1n) is 11.2. The highest BCUT2D eigenvalue weighted by Gasteiger charge is 2.18. The van der Waals surface area contributed by atoms with Crippen molar-refractivity contribution in [3.8, 4) is 5.75 Å². The van der Waals surface area contributed by atoms with E-state index in [4.69, 9.17) is 4.74 Å². The maximum Gasteiger partial charge on any atom is 0.220 e. The molecule has 0 unspecified atom stereocenters. The number of amides is 1. The van der Waals surface area contributed by atoms with Gasteiger partial charge in [-0.15, -0.1) is 0 Å². The zero-order chi connectivity index (χ0) is 22.3. The largest absolute Gasteiger partial charge is 0.494 e. The van der Waals surface area contributed by atoms with E-state index in [2.05, 4.69) is 60.1 Å². The first-order valence-corrected chi connectivity index (χ1v) is 11.2. The molecule has 0 atom stereocenters. The van der Waals surface area contributed by atoms with Crippen LogP contribution in [0.2, 0.25) is 0 Å². The summed E-state index contributed by atoms with van der Waals surface area (Å²) in [6.45, 7) is 11.6. The van der Waals surface area contributed by atoms with Crippen molar-refractivity contribution in [2.24, 2.45) is 0 Å². The van der Waals surface area contributed by atoms with Crippen LogP contribution in [-0.4, -0.2) is 55.6 Å². The predicted molar refractivity (Wildman–Crippen MR) is 126 cm³/mol. The third-order valence-corrected chi connectivity index (χ3v) is 5.68. The molecule has 1 amide bonds. The Morgan fingerprint density at radius 2 is 1.81 bits per heavy atom. The molecule has 1 aliphatic heterocycles. The molecule has 0 spiro atoms. The number of pyridine rings is 1. The number of benzene rings is 1. The number of carbonyl (C=O) groups excluding carboxylic acids is 1. The van der Waals surface area contributed by atoms with Gasteiger partial charge in [-0.1, -0.05) is 39.0 Å². The summed E-state index contributed by atoms with van der Waals surface area (Å²) < 4.78 is 5.79. The van der Waals surface area contributed by atoms with E-state index in [1.54, 1.807) is 0 Å². The first-order chi connectivity index (χ1) is 14.8. The molecule has 1 aromatic carbocycles. The van der Waals surface area contributed by atoms with Crippen LogP contribution in [0.15, 0.2) is 42.6 Å². The summed E-state index contributed by atoms with van der Waals surface area (Å²) in [5.74, 6) is 1.87. The number of anilines is 1. The summed E-state index contributed by atoms with van der Waals surface area (Å²) in [6.07, 6.45) is 2.96. The Balaban J connectivity index is 1.40. The lowest BCUT2D eigenvalue weighted by molar-refractivity contribution is -0.121. The fourth-order valence-electron chi connectivity index (χ4n) is 3.63. The van der Waals surface area contributed by atoms with E-state index in [-0.39, 0.29) is 11.3 Å². The van der Waals surface area contributed by atoms with Gasteiger partial charge in [0.2, 0.25) is 5.91 Å². The smallest absolute Gasteiger partial charge is 0.220 e. The Labute approximate surface area is 186 Å². The van der Waals surface area contributed by atoms with Gasteiger partial charge < -0.3 is 19.9 Å². The Kier molecular flexibility index (Phi) is 7.91. The van der Waals surface area contributed by atoms with Gasteiger partial charge in [0.1, 0.15) is 11.6 Å². The molecule has 1 saturated heterocycles. The van der Waals surface area contributed by atoms with E-state index in [0.717, 1.165) is 43.3 Å². The van der Waals surface area contributed by atoms with Crippen LogP contribution in [0.3, 0.4) is 0 Å². The topological polar surface area (TPSA) is 57.7 Å². The van der Waals surface area contributed by atoms with E-state index < -0.39 is 0 Å². The minimum atomic E-state index is 0.0415. The van der Waals surface area contributed by atoms with Gasteiger partial charge >= 0.3 is 0 Å². The summed E-state index contributed by atoms with van der Waals surface area (Å²) in [5, 5.41) is 3.04. The number of likely N-dealkylation sites (N-methyl/N-ethyl adjacent to an activating group) is 1. The second kappa shape index (κ2) is 10.6. The molecule has 0 radical (unpaired) electrons. The Morgan fingerprint density at radius 1 is 1.10 bits per heavy atom. The maximum atomic E-state index is 12.3. The zero-order valence-corrected chi connectivity index (χ0v) is 19.4. The number of ether oxygens (including phenoxy) is 1. The number of piperazine rings is 1. The fraction of sp³-hybridized carbons (Fsp3) is 0.520. The van der Waals surface area contributed by atoms with Gasteiger partial charge in [-0.3, -0.25) is 4.79 Å². The molecular formula is C25H36N4O2. The van der Waals surface area contributed by atoms with E-state index in [9.17, 15) is 4.79 Å². The van der Waals surface area contributed by atoms with Crippen molar-refractivity contribution in [1.82, 2.24) is 15.2 Å². The average molecular weight is 425 g/mol. The van der Waals surface area contributed by atoms with Crippen molar-refractivity contribution in [1.29, 1.82) is 0 Å². The summed E-state index contributed by atoms with van der Waals surface area (Å²) in [5.41, 5.74) is 2.48. The monoisotopic (exact) mass is 424 g/mol. The third kappa shape index (κ3) is 6.96. The van der Waals surface area contributed by atoms with Gasteiger partial charge in [0.05, 0.1) is 6.61 Å². The van der Waals surface area contributed by atoms with Gasteiger partial charge in [-0.2, -0.15) is 0 Å². The summed E-state index contributed by atoms with van der Waals surface area (Å²) >= 11 is 0. The molecule has 0 bridgehead atoms. The van der Waals surface area contributed by atoms with Crippen LogP contribution >= 0.6 is 0 Å². The molecule has 1 aliphatic rings. The van der Waals surface area contributed by atoms with Crippen LogP contribution in [0.25, 0.3) is 0 Å². The average Bonchev–Trinajstić information content (AvgIpc) is 2.76. The number of hydrogen-bond acceptors (Lipinski definition) is 5. The normalized spacial score (nSPS) is 15.0. The van der Waals surface area contributed by atoms with Gasteiger partial charge in [0.25, 0.3) is 0 Å². The summed E-state index contributed by atoms with van der Waals surface area (Å²) in [6, 6.07) is 12.2. The Hall–Kier alpha value is -2.60. The standard InChI is InChI=1S/C25H36N4O2/c1-25(2,3)21-9-11-22(12-10-21)31-18-6-8-23(30)27-19-20-7-5-13-26-24(20)29-16-14-28(4)15-17-29/h5,7,9-13H,6,8,14-19H2,1-4H3,(H,27,30). The fourth-order valence-corrected chi connectivity index (χ4v) is 3.63. The van der Waals surface area contributed by atoms with Crippen LogP contribution < -0.4 is 15.0 Å². The van der Waals surface area contributed by atoms with Crippen molar-refractivity contribution in [3.63, 3.8) is 0 Å². The molecule has 1 N–H and O–H groups in total. The number of hydrogen-bond donors (Lipinski definition) is 1. The van der Waals surface area contributed by atoms with Crippen molar-refractivity contribution >= 4 is 11.7 Å². The second-order valence-corrected chi connectivity index (χ2v) is 9.28. The Morgan fingerprint density at radius 3 is 2.48 bits per heavy atom. The SMILES string of the molecule is CN1CCN(c2ncccc2CNC(=O)CCCOc2ccc(C(C)(C)C)cc2)CC1. The third-order valence-electron chi connectivity index (χ3n) is 5.68. The zero-order valence-electron chi connectivity index (χ0n) is 19.4. The molecule has 3 rings (SSSR count). The van der Waals surface area contributed by atoms with Gasteiger partial charge in [-0.25, -0.2) is 4.98 Å². The minimum absolute atomic E-state index is 0.0415. The number of carbonyl (C=O) groups is 1.